The highest BCUT2D eigenvalue weighted by Crippen LogP contribution is 2.36. The predicted molar refractivity (Wildman–Crippen MR) is 75.7 cm³/mol. The largest absolute Gasteiger partial charge is 0.495 e. The number of carbonyl (C=O) groups is 1. The van der Waals surface area contributed by atoms with Gasteiger partial charge in [0, 0.05) is 24.7 Å². The number of nitrogens with two attached hydrogens (primary N) is 1. The second kappa shape index (κ2) is 5.79. The number of likely N-dealkylation sites (tertiary alicyclic amines) is 1. The maximum atomic E-state index is 12.4. The molecule has 1 atom stereocenters. The molecule has 0 unspecified atom stereocenters. The van der Waals surface area contributed by atoms with Crippen molar-refractivity contribution in [1.29, 1.82) is 0 Å². The van der Waals surface area contributed by atoms with Gasteiger partial charge in [0.05, 0.1) is 14.2 Å². The molecule has 0 bridgehead atoms. The average molecular weight is 329 g/mol. The number of carbonyl (C=O) groups excluding carboxylic acids is 1. The predicted octanol–water partition coefficient (Wildman–Crippen LogP) is 1.64. The van der Waals surface area contributed by atoms with Crippen molar-refractivity contribution in [1.82, 2.24) is 4.90 Å². The minimum absolute atomic E-state index is 0.0444. The molecule has 0 saturated carbocycles. The number of halogens is 1. The topological polar surface area (TPSA) is 64.8 Å². The van der Waals surface area contributed by atoms with Crippen LogP contribution in [0.5, 0.6) is 11.5 Å². The highest BCUT2D eigenvalue weighted by Gasteiger charge is 2.25. The van der Waals surface area contributed by atoms with Crippen molar-refractivity contribution in [3.63, 3.8) is 0 Å². The summed E-state index contributed by atoms with van der Waals surface area (Å²) >= 11 is 3.38. The van der Waals surface area contributed by atoms with Crippen LogP contribution in [0.4, 0.5) is 0 Å². The Hall–Kier alpha value is -1.27. The van der Waals surface area contributed by atoms with E-state index in [2.05, 4.69) is 15.9 Å². The molecule has 1 amide bonds. The molecule has 1 heterocycles. The third-order valence-electron chi connectivity index (χ3n) is 3.20. The van der Waals surface area contributed by atoms with Crippen molar-refractivity contribution in [2.24, 2.45) is 5.73 Å². The lowest BCUT2D eigenvalue weighted by molar-refractivity contribution is 0.0790. The summed E-state index contributed by atoms with van der Waals surface area (Å²) in [7, 11) is 3.11. The van der Waals surface area contributed by atoms with Gasteiger partial charge in [0.25, 0.3) is 5.91 Å². The first-order chi connectivity index (χ1) is 9.06. The summed E-state index contributed by atoms with van der Waals surface area (Å²) < 4.78 is 11.2. The van der Waals surface area contributed by atoms with Gasteiger partial charge in [-0.25, -0.2) is 0 Å². The number of methoxy groups -OCH3 is 2. The Bertz CT molecular complexity index is 468. The molecule has 0 spiro atoms. The zero-order valence-electron chi connectivity index (χ0n) is 11.0. The Morgan fingerprint density at radius 2 is 1.95 bits per heavy atom. The van der Waals surface area contributed by atoms with Crippen LogP contribution in [-0.4, -0.2) is 44.2 Å². The van der Waals surface area contributed by atoms with Crippen LogP contribution in [0.1, 0.15) is 16.8 Å². The van der Waals surface area contributed by atoms with Gasteiger partial charge >= 0.3 is 0 Å². The van der Waals surface area contributed by atoms with E-state index in [0.717, 1.165) is 6.42 Å². The third kappa shape index (κ3) is 2.84. The summed E-state index contributed by atoms with van der Waals surface area (Å²) in [6.45, 7) is 1.29. The van der Waals surface area contributed by atoms with E-state index in [4.69, 9.17) is 15.2 Å². The van der Waals surface area contributed by atoms with E-state index in [1.165, 1.54) is 0 Å². The minimum atomic E-state index is -0.0444. The summed E-state index contributed by atoms with van der Waals surface area (Å²) in [5.41, 5.74) is 6.37. The van der Waals surface area contributed by atoms with Crippen LogP contribution in [-0.2, 0) is 0 Å². The van der Waals surface area contributed by atoms with E-state index in [1.807, 2.05) is 0 Å². The fraction of sp³-hybridized carbons (Fsp3) is 0.462. The highest BCUT2D eigenvalue weighted by molar-refractivity contribution is 9.10. The van der Waals surface area contributed by atoms with E-state index >= 15 is 0 Å². The minimum Gasteiger partial charge on any atom is -0.495 e. The van der Waals surface area contributed by atoms with Crippen LogP contribution in [0, 0.1) is 0 Å². The average Bonchev–Trinajstić information content (AvgIpc) is 2.85. The van der Waals surface area contributed by atoms with Crippen molar-refractivity contribution in [2.45, 2.75) is 12.5 Å². The summed E-state index contributed by atoms with van der Waals surface area (Å²) in [6.07, 6.45) is 0.844. The summed E-state index contributed by atoms with van der Waals surface area (Å²) in [6, 6.07) is 3.49. The van der Waals surface area contributed by atoms with Crippen LogP contribution in [0.15, 0.2) is 16.6 Å². The monoisotopic (exact) mass is 328 g/mol. The number of nitrogens with zero attached hydrogens (tertiary/aromatic N) is 1. The second-order valence-corrected chi connectivity index (χ2v) is 5.29. The van der Waals surface area contributed by atoms with Crippen LogP contribution in [0.2, 0.25) is 0 Å². The molecule has 2 rings (SSSR count). The van der Waals surface area contributed by atoms with Gasteiger partial charge in [-0.3, -0.25) is 4.79 Å². The maximum absolute atomic E-state index is 12.4. The summed E-state index contributed by atoms with van der Waals surface area (Å²) in [5, 5.41) is 0. The maximum Gasteiger partial charge on any atom is 0.254 e. The number of rotatable bonds is 3. The van der Waals surface area contributed by atoms with Crippen molar-refractivity contribution >= 4 is 21.8 Å². The van der Waals surface area contributed by atoms with Crippen LogP contribution < -0.4 is 15.2 Å². The molecule has 19 heavy (non-hydrogen) atoms. The lowest BCUT2D eigenvalue weighted by atomic mass is 10.1. The molecule has 2 N–H and O–H groups in total. The van der Waals surface area contributed by atoms with Gasteiger partial charge in [-0.05, 0) is 34.5 Å². The normalized spacial score (nSPS) is 18.5. The molecule has 1 aromatic rings. The van der Waals surface area contributed by atoms with Crippen molar-refractivity contribution in [2.75, 3.05) is 27.3 Å². The van der Waals surface area contributed by atoms with E-state index in [-0.39, 0.29) is 11.9 Å². The van der Waals surface area contributed by atoms with Crippen molar-refractivity contribution in [3.8, 4) is 11.5 Å². The van der Waals surface area contributed by atoms with Gasteiger partial charge in [0.1, 0.15) is 16.0 Å². The molecule has 0 aliphatic carbocycles. The van der Waals surface area contributed by atoms with Crippen molar-refractivity contribution < 1.29 is 14.3 Å². The molecule has 6 heteroatoms. The first-order valence-corrected chi connectivity index (χ1v) is 6.82. The number of benzene rings is 1. The van der Waals surface area contributed by atoms with Gasteiger partial charge in [0.2, 0.25) is 0 Å². The van der Waals surface area contributed by atoms with E-state index in [9.17, 15) is 4.79 Å². The van der Waals surface area contributed by atoms with Gasteiger partial charge in [-0.1, -0.05) is 0 Å². The standard InChI is InChI=1S/C13H17BrN2O3/c1-18-10-5-8(6-11(19-2)12(10)14)13(17)16-4-3-9(15)7-16/h5-6,9H,3-4,7,15H2,1-2H3/t9-/m0/s1. The Balaban J connectivity index is 2.31. The zero-order chi connectivity index (χ0) is 14.0. The number of hydrogen-bond donors (Lipinski definition) is 1. The fourth-order valence-corrected chi connectivity index (χ4v) is 2.70. The number of amides is 1. The lowest BCUT2D eigenvalue weighted by Gasteiger charge is -2.17. The Kier molecular flexibility index (Phi) is 4.31. The SMILES string of the molecule is COc1cc(C(=O)N2CC[C@H](N)C2)cc(OC)c1Br. The molecule has 0 radical (unpaired) electrons. The van der Waals surface area contributed by atoms with Gasteiger partial charge in [-0.2, -0.15) is 0 Å². The van der Waals surface area contributed by atoms with Gasteiger partial charge in [-0.15, -0.1) is 0 Å². The van der Waals surface area contributed by atoms with Gasteiger partial charge < -0.3 is 20.1 Å². The molecule has 5 nitrogen and oxygen atoms in total. The molecule has 0 aromatic heterocycles. The summed E-state index contributed by atoms with van der Waals surface area (Å²) in [5.74, 6) is 1.11. The molecular formula is C13H17BrN2O3. The molecular weight excluding hydrogens is 312 g/mol. The van der Waals surface area contributed by atoms with E-state index in [0.29, 0.717) is 34.6 Å². The lowest BCUT2D eigenvalue weighted by Crippen LogP contribution is -2.31. The molecule has 1 fully saturated rings. The zero-order valence-corrected chi connectivity index (χ0v) is 12.6. The Labute approximate surface area is 120 Å². The first-order valence-electron chi connectivity index (χ1n) is 6.03. The summed E-state index contributed by atoms with van der Waals surface area (Å²) in [4.78, 5) is 14.1. The van der Waals surface area contributed by atoms with Crippen LogP contribution in [0.3, 0.4) is 0 Å². The fourth-order valence-electron chi connectivity index (χ4n) is 2.15. The van der Waals surface area contributed by atoms with Crippen LogP contribution >= 0.6 is 15.9 Å². The molecule has 1 saturated heterocycles. The van der Waals surface area contributed by atoms with Crippen molar-refractivity contribution in [3.05, 3.63) is 22.2 Å². The molecule has 1 aliphatic rings. The highest BCUT2D eigenvalue weighted by atomic mass is 79.9. The second-order valence-electron chi connectivity index (χ2n) is 4.49. The number of hydrogen-bond acceptors (Lipinski definition) is 4. The molecule has 104 valence electrons. The Morgan fingerprint density at radius 1 is 1.37 bits per heavy atom. The smallest absolute Gasteiger partial charge is 0.254 e. The van der Waals surface area contributed by atoms with E-state index < -0.39 is 0 Å². The third-order valence-corrected chi connectivity index (χ3v) is 3.99. The van der Waals surface area contributed by atoms with Crippen LogP contribution in [0.25, 0.3) is 0 Å². The van der Waals surface area contributed by atoms with E-state index in [1.54, 1.807) is 31.3 Å². The first kappa shape index (κ1) is 14.1. The quantitative estimate of drug-likeness (QED) is 0.916. The van der Waals surface area contributed by atoms with Gasteiger partial charge in [0.15, 0.2) is 0 Å². The molecule has 1 aliphatic heterocycles. The molecule has 1 aromatic carbocycles. The Morgan fingerprint density at radius 3 is 2.37 bits per heavy atom. The number of ether oxygens (including phenoxy) is 2.